The number of hydrogen-bond acceptors (Lipinski definition) is 0. The summed E-state index contributed by atoms with van der Waals surface area (Å²) in [6, 6.07) is 10.2. The lowest BCUT2D eigenvalue weighted by Gasteiger charge is -1.79. The minimum Gasteiger partial charge on any atom is -0.0801 e. The molecule has 1 aromatic rings. The summed E-state index contributed by atoms with van der Waals surface area (Å²) in [6.45, 7) is 0. The van der Waals surface area contributed by atoms with Crippen LogP contribution in [0.15, 0.2) is 29.2 Å². The van der Waals surface area contributed by atoms with Gasteiger partial charge in [0.25, 0.3) is 0 Å². The van der Waals surface area contributed by atoms with E-state index in [-0.39, 0.29) is 0 Å². The van der Waals surface area contributed by atoms with Gasteiger partial charge in [-0.1, -0.05) is 24.8 Å². The molecule has 0 aliphatic carbocycles. The average Bonchev–Trinajstić information content (AvgIpc) is 1.69. The summed E-state index contributed by atoms with van der Waals surface area (Å²) in [6.07, 6.45) is 0. The lowest BCUT2D eigenvalue weighted by molar-refractivity contribution is 1.47. The Morgan fingerprint density at radius 3 is 2.14 bits per heavy atom. The molecule has 0 aliphatic heterocycles. The summed E-state index contributed by atoms with van der Waals surface area (Å²) >= 11 is 4.79. The number of rotatable bonds is 0. The van der Waals surface area contributed by atoms with Crippen molar-refractivity contribution in [3.63, 3.8) is 0 Å². The van der Waals surface area contributed by atoms with Crippen LogP contribution in [0.25, 0.3) is 0 Å². The first-order chi connectivity index (χ1) is 3.39. The number of benzene rings is 1. The van der Waals surface area contributed by atoms with Gasteiger partial charge >= 0.3 is 0 Å². The van der Waals surface area contributed by atoms with Crippen LogP contribution in [-0.4, -0.2) is 0 Å². The second kappa shape index (κ2) is 1.94. The van der Waals surface area contributed by atoms with Crippen LogP contribution in [-0.2, 0) is 0 Å². The molecule has 34 valence electrons. The van der Waals surface area contributed by atoms with E-state index in [0.29, 0.717) is 0 Å². The predicted molar refractivity (Wildman–Crippen MR) is 31.1 cm³/mol. The smallest absolute Gasteiger partial charge is 0.0377 e. The highest BCUT2D eigenvalue weighted by Crippen LogP contribution is 2.00. The Hall–Kier alpha value is -0.560. The minimum atomic E-state index is 0.874. The van der Waals surface area contributed by atoms with E-state index < -0.39 is 0 Å². The van der Waals surface area contributed by atoms with E-state index in [1.165, 1.54) is 0 Å². The molecule has 0 aliphatic rings. The van der Waals surface area contributed by atoms with Crippen LogP contribution in [0.2, 0.25) is 0 Å². The van der Waals surface area contributed by atoms with Crippen molar-refractivity contribution in [2.45, 2.75) is 4.90 Å². The predicted octanol–water partition coefficient (Wildman–Crippen LogP) is 2.04. The molecule has 7 heavy (non-hydrogen) atoms. The fourth-order valence-electron chi connectivity index (χ4n) is 0.372. The molecule has 0 heterocycles. The van der Waals surface area contributed by atoms with Crippen molar-refractivity contribution in [2.24, 2.45) is 0 Å². The van der Waals surface area contributed by atoms with Crippen molar-refractivity contribution in [1.29, 1.82) is 0 Å². The normalized spacial score (nSPS) is 8.57. The molecular weight excluding hydrogens is 104 g/mol. The summed E-state index contributed by atoms with van der Waals surface area (Å²) < 4.78 is 0. The molecule has 1 rings (SSSR count). The van der Waals surface area contributed by atoms with Gasteiger partial charge in [-0.05, 0) is 18.2 Å². The van der Waals surface area contributed by atoms with Crippen molar-refractivity contribution in [1.82, 2.24) is 0 Å². The van der Waals surface area contributed by atoms with E-state index in [2.05, 4.69) is 6.07 Å². The van der Waals surface area contributed by atoms with E-state index in [0.717, 1.165) is 4.90 Å². The topological polar surface area (TPSA) is 0 Å². The first-order valence-corrected chi connectivity index (χ1v) is 2.43. The molecule has 0 saturated carbocycles. The molecule has 0 N–H and O–H groups in total. The molecule has 0 aromatic heterocycles. The van der Waals surface area contributed by atoms with Crippen LogP contribution in [0, 0.1) is 6.07 Å². The molecule has 0 atom stereocenters. The molecule has 0 nitrogen and oxygen atoms in total. The maximum atomic E-state index is 4.79. The highest BCUT2D eigenvalue weighted by molar-refractivity contribution is 7.80. The maximum absolute atomic E-state index is 4.79. The Morgan fingerprint density at radius 1 is 1.29 bits per heavy atom. The summed E-state index contributed by atoms with van der Waals surface area (Å²) in [4.78, 5) is 0.874. The molecule has 2 radical (unpaired) electrons. The zero-order valence-electron chi connectivity index (χ0n) is 3.72. The van der Waals surface area contributed by atoms with Gasteiger partial charge in [0.1, 0.15) is 0 Å². The van der Waals surface area contributed by atoms with Crippen molar-refractivity contribution in [3.8, 4) is 0 Å². The lowest BCUT2D eigenvalue weighted by Crippen LogP contribution is -1.57. The van der Waals surface area contributed by atoms with Crippen LogP contribution in [0.4, 0.5) is 0 Å². The molecule has 0 bridgehead atoms. The molecule has 1 aromatic carbocycles. The van der Waals surface area contributed by atoms with Gasteiger partial charge in [-0.3, -0.25) is 0 Å². The van der Waals surface area contributed by atoms with E-state index >= 15 is 0 Å². The van der Waals surface area contributed by atoms with Gasteiger partial charge in [0, 0.05) is 4.90 Å². The summed E-state index contributed by atoms with van der Waals surface area (Å²) in [7, 11) is 0. The second-order valence-electron chi connectivity index (χ2n) is 1.24. The Labute approximate surface area is 48.6 Å². The van der Waals surface area contributed by atoms with Gasteiger partial charge in [0.05, 0.1) is 0 Å². The largest absolute Gasteiger partial charge is 0.0801 e. The van der Waals surface area contributed by atoms with Crippen LogP contribution in [0.3, 0.4) is 0 Å². The van der Waals surface area contributed by atoms with Gasteiger partial charge in [-0.2, -0.15) is 0 Å². The SMILES string of the molecule is [S]c1cc[c]cc1. The number of hydrogen-bond donors (Lipinski definition) is 0. The Morgan fingerprint density at radius 2 is 1.86 bits per heavy atom. The summed E-state index contributed by atoms with van der Waals surface area (Å²) in [5, 5.41) is 0. The summed E-state index contributed by atoms with van der Waals surface area (Å²) in [5.41, 5.74) is 0. The quantitative estimate of drug-likeness (QED) is 0.477. The second-order valence-corrected chi connectivity index (χ2v) is 1.71. The van der Waals surface area contributed by atoms with E-state index in [9.17, 15) is 0 Å². The van der Waals surface area contributed by atoms with Crippen molar-refractivity contribution in [3.05, 3.63) is 30.3 Å². The lowest BCUT2D eigenvalue weighted by atomic mass is 10.4. The first kappa shape index (κ1) is 4.60. The third-order valence-corrected chi connectivity index (χ3v) is 0.960. The molecular formula is C6H4S. The third kappa shape index (κ3) is 1.16. The fraction of sp³-hybridized carbons (Fsp3) is 0. The van der Waals surface area contributed by atoms with Gasteiger partial charge in [0.2, 0.25) is 0 Å². The van der Waals surface area contributed by atoms with Gasteiger partial charge in [0.15, 0.2) is 0 Å². The van der Waals surface area contributed by atoms with Crippen LogP contribution >= 0.6 is 12.6 Å². The van der Waals surface area contributed by atoms with Crippen LogP contribution in [0.1, 0.15) is 0 Å². The van der Waals surface area contributed by atoms with E-state index in [1.54, 1.807) is 0 Å². The van der Waals surface area contributed by atoms with Gasteiger partial charge in [-0.15, -0.1) is 0 Å². The Bertz CT molecular complexity index is 134. The van der Waals surface area contributed by atoms with E-state index in [4.69, 9.17) is 12.6 Å². The average molecular weight is 108 g/mol. The highest BCUT2D eigenvalue weighted by atomic mass is 32.1. The standard InChI is InChI=1S/C6H4S/c7-6-4-2-1-3-5-6/h2-5H. The third-order valence-electron chi connectivity index (χ3n) is 0.688. The van der Waals surface area contributed by atoms with Crippen LogP contribution < -0.4 is 0 Å². The monoisotopic (exact) mass is 108 g/mol. The molecule has 0 amide bonds. The maximum Gasteiger partial charge on any atom is 0.0377 e. The molecule has 0 unspecified atom stereocenters. The highest BCUT2D eigenvalue weighted by Gasteiger charge is 1.75. The van der Waals surface area contributed by atoms with Gasteiger partial charge in [-0.25, -0.2) is 0 Å². The van der Waals surface area contributed by atoms with E-state index in [1.807, 2.05) is 24.3 Å². The fourth-order valence-corrected chi connectivity index (χ4v) is 0.508. The zero-order chi connectivity index (χ0) is 5.11. The zero-order valence-corrected chi connectivity index (χ0v) is 4.53. The van der Waals surface area contributed by atoms with Gasteiger partial charge < -0.3 is 0 Å². The Kier molecular flexibility index (Phi) is 1.27. The molecule has 0 spiro atoms. The Balaban J connectivity index is 3.02. The van der Waals surface area contributed by atoms with Crippen molar-refractivity contribution in [2.75, 3.05) is 0 Å². The first-order valence-electron chi connectivity index (χ1n) is 2.03. The molecule has 0 saturated heterocycles. The minimum absolute atomic E-state index is 0.874. The van der Waals surface area contributed by atoms with Crippen LogP contribution in [0.5, 0.6) is 0 Å². The summed E-state index contributed by atoms with van der Waals surface area (Å²) in [5.74, 6) is 0. The van der Waals surface area contributed by atoms with Crippen molar-refractivity contribution < 1.29 is 0 Å². The molecule has 1 heteroatoms. The van der Waals surface area contributed by atoms with Crippen molar-refractivity contribution >= 4 is 12.6 Å². The molecule has 0 fully saturated rings.